The number of hydrogen-bond donors (Lipinski definition) is 1. The fourth-order valence-electron chi connectivity index (χ4n) is 4.10. The molecule has 8 heteroatoms. The van der Waals surface area contributed by atoms with Crippen LogP contribution in [-0.4, -0.2) is 82.4 Å². The zero-order valence-corrected chi connectivity index (χ0v) is 19.8. The first-order valence-corrected chi connectivity index (χ1v) is 11.2. The Balaban J connectivity index is 1.83. The number of likely N-dealkylation sites (N-methyl/N-ethyl adjacent to an activating group) is 1. The van der Waals surface area contributed by atoms with Gasteiger partial charge in [-0.3, -0.25) is 14.5 Å². The molecule has 3 heterocycles. The van der Waals surface area contributed by atoms with Gasteiger partial charge in [0.15, 0.2) is 5.52 Å². The maximum Gasteiger partial charge on any atom is 0.278 e. The molecule has 2 aromatic heterocycles. The van der Waals surface area contributed by atoms with Crippen molar-refractivity contribution in [3.63, 3.8) is 0 Å². The van der Waals surface area contributed by atoms with Gasteiger partial charge in [-0.25, -0.2) is 4.98 Å². The predicted molar refractivity (Wildman–Crippen MR) is 123 cm³/mol. The summed E-state index contributed by atoms with van der Waals surface area (Å²) in [5.74, 6) is 1.14. The van der Waals surface area contributed by atoms with E-state index >= 15 is 0 Å². The van der Waals surface area contributed by atoms with E-state index in [0.29, 0.717) is 17.4 Å². The van der Waals surface area contributed by atoms with Gasteiger partial charge in [0.1, 0.15) is 5.52 Å². The van der Waals surface area contributed by atoms with Gasteiger partial charge >= 0.3 is 0 Å². The molecular weight excluding hydrogens is 378 g/mol. The minimum atomic E-state index is -0.179. The first kappa shape index (κ1) is 22.7. The molecule has 1 N–H and O–H groups in total. The van der Waals surface area contributed by atoms with Crippen LogP contribution in [0, 0.1) is 5.92 Å². The number of H-pyrrole nitrogens is 1. The fourth-order valence-corrected chi connectivity index (χ4v) is 4.10. The van der Waals surface area contributed by atoms with Gasteiger partial charge in [-0.1, -0.05) is 34.6 Å². The molecule has 0 bridgehead atoms. The van der Waals surface area contributed by atoms with E-state index < -0.39 is 0 Å². The second kappa shape index (κ2) is 9.06. The molecule has 0 atom stereocenters. The van der Waals surface area contributed by atoms with Crippen molar-refractivity contribution in [1.29, 1.82) is 0 Å². The summed E-state index contributed by atoms with van der Waals surface area (Å²) >= 11 is 0. The third-order valence-corrected chi connectivity index (χ3v) is 5.77. The number of anilines is 1. The summed E-state index contributed by atoms with van der Waals surface area (Å²) in [4.78, 5) is 28.0. The van der Waals surface area contributed by atoms with Crippen molar-refractivity contribution >= 4 is 17.0 Å². The summed E-state index contributed by atoms with van der Waals surface area (Å²) in [5, 5.41) is 4.62. The molecular formula is C22H39N7O. The summed E-state index contributed by atoms with van der Waals surface area (Å²) in [6.45, 7) is 18.1. The molecule has 168 valence electrons. The molecule has 0 amide bonds. The summed E-state index contributed by atoms with van der Waals surface area (Å²) < 4.78 is 1.66. The summed E-state index contributed by atoms with van der Waals surface area (Å²) in [6.07, 6.45) is 1.05. The van der Waals surface area contributed by atoms with E-state index in [-0.39, 0.29) is 11.0 Å². The van der Waals surface area contributed by atoms with Gasteiger partial charge in [0.25, 0.3) is 5.56 Å². The van der Waals surface area contributed by atoms with Crippen molar-refractivity contribution in [3.8, 4) is 0 Å². The van der Waals surface area contributed by atoms with E-state index in [4.69, 9.17) is 4.98 Å². The van der Waals surface area contributed by atoms with Crippen LogP contribution >= 0.6 is 0 Å². The topological polar surface area (TPSA) is 73.3 Å². The van der Waals surface area contributed by atoms with Crippen LogP contribution in [0.5, 0.6) is 0 Å². The number of hydrogen-bond acceptors (Lipinski definition) is 6. The molecule has 1 saturated heterocycles. The number of piperazine rings is 1. The number of aromatic nitrogens is 4. The molecule has 1 aliphatic heterocycles. The van der Waals surface area contributed by atoms with Crippen LogP contribution in [0.4, 0.5) is 5.95 Å². The fraction of sp³-hybridized carbons (Fsp3) is 0.773. The van der Waals surface area contributed by atoms with E-state index in [1.54, 1.807) is 4.68 Å². The molecule has 8 nitrogen and oxygen atoms in total. The number of rotatable bonds is 7. The second-order valence-electron chi connectivity index (χ2n) is 10.1. The number of nitrogens with one attached hydrogen (secondary N) is 1. The van der Waals surface area contributed by atoms with Gasteiger partial charge < -0.3 is 14.7 Å². The summed E-state index contributed by atoms with van der Waals surface area (Å²) in [5.41, 5.74) is 1.84. The van der Waals surface area contributed by atoms with Crippen LogP contribution in [-0.2, 0) is 12.5 Å². The molecule has 2 aromatic rings. The maximum atomic E-state index is 12.9. The van der Waals surface area contributed by atoms with Crippen molar-refractivity contribution in [2.24, 2.45) is 13.0 Å². The van der Waals surface area contributed by atoms with E-state index in [1.165, 1.54) is 0 Å². The van der Waals surface area contributed by atoms with Crippen molar-refractivity contribution < 1.29 is 0 Å². The van der Waals surface area contributed by atoms with E-state index in [0.717, 1.165) is 63.4 Å². The summed E-state index contributed by atoms with van der Waals surface area (Å²) in [6, 6.07) is 0. The van der Waals surface area contributed by atoms with Gasteiger partial charge in [-0.15, -0.1) is 0 Å². The molecule has 0 aromatic carbocycles. The number of nitrogens with zero attached hydrogens (tertiary/aromatic N) is 6. The summed E-state index contributed by atoms with van der Waals surface area (Å²) in [7, 11) is 4.00. The smallest absolute Gasteiger partial charge is 0.278 e. The van der Waals surface area contributed by atoms with Gasteiger partial charge in [0.2, 0.25) is 5.95 Å². The Bertz CT molecular complexity index is 901. The molecule has 0 unspecified atom stereocenters. The molecule has 0 aliphatic carbocycles. The molecule has 0 saturated carbocycles. The average Bonchev–Trinajstić information content (AvgIpc) is 2.99. The highest BCUT2D eigenvalue weighted by molar-refractivity contribution is 5.78. The molecule has 3 rings (SSSR count). The van der Waals surface area contributed by atoms with E-state index in [1.807, 2.05) is 7.05 Å². The zero-order chi connectivity index (χ0) is 22.1. The standard InChI is InChI=1S/C22H39N7O/c1-16(2)15-29(10-8-9-28-13-11-26(6)12-14-28)21-23-17-18(20(30)24-21)27(7)25-19(17)22(3,4)5/h16H,8-15H2,1-7H3,(H,23,24,30). The number of fused-ring (bicyclic) bond motifs is 1. The van der Waals surface area contributed by atoms with E-state index in [2.05, 4.69) is 66.4 Å². The van der Waals surface area contributed by atoms with Crippen LogP contribution in [0.15, 0.2) is 4.79 Å². The first-order chi connectivity index (χ1) is 14.1. The first-order valence-electron chi connectivity index (χ1n) is 11.2. The SMILES string of the molecule is CC(C)CN(CCCN1CCN(C)CC1)c1nc2c(C(C)(C)C)nn(C)c2c(=O)[nH]1. The predicted octanol–water partition coefficient (Wildman–Crippen LogP) is 2.05. The Morgan fingerprint density at radius 2 is 1.80 bits per heavy atom. The van der Waals surface area contributed by atoms with Gasteiger partial charge in [0.05, 0.1) is 5.69 Å². The lowest BCUT2D eigenvalue weighted by Crippen LogP contribution is -2.45. The number of aromatic amines is 1. The van der Waals surface area contributed by atoms with Gasteiger partial charge in [-0.05, 0) is 25.9 Å². The lowest BCUT2D eigenvalue weighted by Gasteiger charge is -2.33. The maximum absolute atomic E-state index is 12.9. The molecule has 30 heavy (non-hydrogen) atoms. The van der Waals surface area contributed by atoms with E-state index in [9.17, 15) is 4.79 Å². The molecule has 0 radical (unpaired) electrons. The quantitative estimate of drug-likeness (QED) is 0.743. The van der Waals surface area contributed by atoms with Crippen molar-refractivity contribution in [2.45, 2.75) is 46.5 Å². The van der Waals surface area contributed by atoms with Crippen LogP contribution in [0.25, 0.3) is 11.0 Å². The van der Waals surface area contributed by atoms with Crippen LogP contribution in [0.3, 0.4) is 0 Å². The highest BCUT2D eigenvalue weighted by atomic mass is 16.1. The average molecular weight is 418 g/mol. The minimum absolute atomic E-state index is 0.117. The van der Waals surface area contributed by atoms with Crippen molar-refractivity contribution in [2.75, 3.05) is 57.8 Å². The highest BCUT2D eigenvalue weighted by Gasteiger charge is 2.26. The molecule has 0 spiro atoms. The Hall–Kier alpha value is -1.93. The van der Waals surface area contributed by atoms with Crippen LogP contribution < -0.4 is 10.5 Å². The third-order valence-electron chi connectivity index (χ3n) is 5.77. The van der Waals surface area contributed by atoms with Crippen molar-refractivity contribution in [3.05, 3.63) is 16.0 Å². The Kier molecular flexibility index (Phi) is 6.87. The third kappa shape index (κ3) is 5.21. The molecule has 1 fully saturated rings. The lowest BCUT2D eigenvalue weighted by atomic mass is 9.91. The van der Waals surface area contributed by atoms with Crippen LogP contribution in [0.2, 0.25) is 0 Å². The van der Waals surface area contributed by atoms with Crippen molar-refractivity contribution in [1.82, 2.24) is 29.5 Å². The van der Waals surface area contributed by atoms with Gasteiger partial charge in [-0.2, -0.15) is 5.10 Å². The Labute approximate surface area is 180 Å². The zero-order valence-electron chi connectivity index (χ0n) is 19.8. The second-order valence-corrected chi connectivity index (χ2v) is 10.1. The normalized spacial score (nSPS) is 16.7. The highest BCUT2D eigenvalue weighted by Crippen LogP contribution is 2.27. The number of aryl methyl sites for hydroxylation is 1. The Morgan fingerprint density at radius 1 is 1.13 bits per heavy atom. The molecule has 1 aliphatic rings. The lowest BCUT2D eigenvalue weighted by molar-refractivity contribution is 0.153. The minimum Gasteiger partial charge on any atom is -0.342 e. The monoisotopic (exact) mass is 417 g/mol. The van der Waals surface area contributed by atoms with Crippen LogP contribution in [0.1, 0.15) is 46.7 Å². The Morgan fingerprint density at radius 3 is 2.40 bits per heavy atom. The largest absolute Gasteiger partial charge is 0.342 e. The van der Waals surface area contributed by atoms with Gasteiger partial charge in [0, 0.05) is 51.7 Å².